The van der Waals surface area contributed by atoms with Gasteiger partial charge in [0.15, 0.2) is 0 Å². The highest BCUT2D eigenvalue weighted by molar-refractivity contribution is 5.85. The number of aliphatic hydroxyl groups excluding tert-OH is 2. The van der Waals surface area contributed by atoms with Gasteiger partial charge >= 0.3 is 0 Å². The largest absolute Gasteiger partial charge is 0.508 e. The number of carbonyl (C=O) groups is 1. The maximum atomic E-state index is 12.2. The number of rotatable bonds is 3. The Hall–Kier alpha value is -2.37. The van der Waals surface area contributed by atoms with Crippen molar-refractivity contribution in [3.63, 3.8) is 0 Å². The third-order valence-corrected chi connectivity index (χ3v) is 4.52. The van der Waals surface area contributed by atoms with Gasteiger partial charge in [-0.3, -0.25) is 4.79 Å². The number of aromatic hydroxyl groups is 1. The number of benzene rings is 2. The molecular weight excluding hydrogens is 294 g/mol. The fraction of sp³-hybridized carbons (Fsp3) is 0.278. The molecule has 0 unspecified atom stereocenters. The number of nitrogens with zero attached hydrogens (tertiary/aromatic N) is 1. The maximum Gasteiger partial charge on any atom is 0.252 e. The Morgan fingerprint density at radius 1 is 1.04 bits per heavy atom. The number of para-hydroxylation sites is 1. The zero-order valence-electron chi connectivity index (χ0n) is 12.7. The SMILES string of the molecule is CN1C(=O)[C@@H](O)[C@H](c2ccccc2O)[C@@H]1[C@@H](O)c1ccccc1. The molecule has 0 radical (unpaired) electrons. The second-order valence-corrected chi connectivity index (χ2v) is 5.82. The Bertz CT molecular complexity index is 703. The second-order valence-electron chi connectivity index (χ2n) is 5.82. The summed E-state index contributed by atoms with van der Waals surface area (Å²) in [5, 5.41) is 31.2. The van der Waals surface area contributed by atoms with Crippen LogP contribution in [-0.2, 0) is 4.79 Å². The molecule has 23 heavy (non-hydrogen) atoms. The number of hydrogen-bond acceptors (Lipinski definition) is 4. The van der Waals surface area contributed by atoms with Gasteiger partial charge in [-0.25, -0.2) is 0 Å². The predicted molar refractivity (Wildman–Crippen MR) is 84.8 cm³/mol. The van der Waals surface area contributed by atoms with Crippen LogP contribution >= 0.6 is 0 Å². The van der Waals surface area contributed by atoms with Crippen LogP contribution in [0.15, 0.2) is 54.6 Å². The van der Waals surface area contributed by atoms with E-state index in [1.807, 2.05) is 6.07 Å². The van der Waals surface area contributed by atoms with Gasteiger partial charge in [0.05, 0.1) is 6.04 Å². The number of amides is 1. The van der Waals surface area contributed by atoms with Crippen molar-refractivity contribution in [2.75, 3.05) is 7.05 Å². The van der Waals surface area contributed by atoms with Crippen LogP contribution in [0.25, 0.3) is 0 Å². The first kappa shape index (κ1) is 15.5. The van der Waals surface area contributed by atoms with E-state index in [1.165, 1.54) is 11.0 Å². The summed E-state index contributed by atoms with van der Waals surface area (Å²) in [6.07, 6.45) is -2.26. The van der Waals surface area contributed by atoms with Gasteiger partial charge in [-0.2, -0.15) is 0 Å². The number of phenols is 1. The highest BCUT2D eigenvalue weighted by Gasteiger charge is 2.50. The summed E-state index contributed by atoms with van der Waals surface area (Å²) in [5.74, 6) is -1.16. The fourth-order valence-corrected chi connectivity index (χ4v) is 3.32. The lowest BCUT2D eigenvalue weighted by Gasteiger charge is -2.30. The van der Waals surface area contributed by atoms with Crippen LogP contribution in [0.2, 0.25) is 0 Å². The molecule has 1 fully saturated rings. The van der Waals surface area contributed by atoms with Crippen molar-refractivity contribution in [3.8, 4) is 5.75 Å². The molecule has 2 aromatic carbocycles. The van der Waals surface area contributed by atoms with E-state index in [9.17, 15) is 20.1 Å². The molecule has 1 heterocycles. The number of likely N-dealkylation sites (tertiary alicyclic amines) is 1. The average Bonchev–Trinajstić information content (AvgIpc) is 2.80. The lowest BCUT2D eigenvalue weighted by atomic mass is 9.84. The number of carbonyl (C=O) groups excluding carboxylic acids is 1. The van der Waals surface area contributed by atoms with E-state index in [-0.39, 0.29) is 5.75 Å². The van der Waals surface area contributed by atoms with Gasteiger partial charge in [-0.1, -0.05) is 48.5 Å². The summed E-state index contributed by atoms with van der Waals surface area (Å²) in [6, 6.07) is 14.9. The molecule has 0 bridgehead atoms. The van der Waals surface area contributed by atoms with E-state index in [4.69, 9.17) is 0 Å². The number of aliphatic hydroxyl groups is 2. The minimum Gasteiger partial charge on any atom is -0.508 e. The molecule has 3 N–H and O–H groups in total. The molecule has 3 rings (SSSR count). The lowest BCUT2D eigenvalue weighted by molar-refractivity contribution is -0.135. The van der Waals surface area contributed by atoms with Gasteiger partial charge in [0.1, 0.15) is 18.0 Å². The van der Waals surface area contributed by atoms with Crippen LogP contribution in [0.5, 0.6) is 5.75 Å². The van der Waals surface area contributed by atoms with E-state index < -0.39 is 30.1 Å². The molecule has 1 saturated heterocycles. The smallest absolute Gasteiger partial charge is 0.252 e. The van der Waals surface area contributed by atoms with Crippen molar-refractivity contribution in [2.24, 2.45) is 0 Å². The van der Waals surface area contributed by atoms with Gasteiger partial charge in [0.25, 0.3) is 5.91 Å². The van der Waals surface area contributed by atoms with E-state index >= 15 is 0 Å². The van der Waals surface area contributed by atoms with Crippen LogP contribution in [0, 0.1) is 0 Å². The second kappa shape index (κ2) is 6.02. The molecule has 0 aromatic heterocycles. The van der Waals surface area contributed by atoms with E-state index in [0.29, 0.717) is 11.1 Å². The van der Waals surface area contributed by atoms with Crippen LogP contribution in [0.3, 0.4) is 0 Å². The number of likely N-dealkylation sites (N-methyl/N-ethyl adjacent to an activating group) is 1. The van der Waals surface area contributed by atoms with Crippen molar-refractivity contribution in [1.82, 2.24) is 4.90 Å². The highest BCUT2D eigenvalue weighted by atomic mass is 16.3. The molecule has 0 saturated carbocycles. The van der Waals surface area contributed by atoms with Gasteiger partial charge in [-0.05, 0) is 11.6 Å². The maximum absolute atomic E-state index is 12.2. The quantitative estimate of drug-likeness (QED) is 0.800. The van der Waals surface area contributed by atoms with Gasteiger partial charge < -0.3 is 20.2 Å². The molecular formula is C18H19NO4. The first-order valence-electron chi connectivity index (χ1n) is 7.48. The van der Waals surface area contributed by atoms with Crippen molar-refractivity contribution in [1.29, 1.82) is 0 Å². The Balaban J connectivity index is 2.05. The van der Waals surface area contributed by atoms with Crippen LogP contribution < -0.4 is 0 Å². The minimum atomic E-state index is -1.29. The van der Waals surface area contributed by atoms with Crippen molar-refractivity contribution in [3.05, 3.63) is 65.7 Å². The summed E-state index contributed by atoms with van der Waals surface area (Å²) in [5.41, 5.74) is 1.12. The third-order valence-electron chi connectivity index (χ3n) is 4.52. The van der Waals surface area contributed by atoms with Crippen LogP contribution in [0.4, 0.5) is 0 Å². The van der Waals surface area contributed by atoms with Gasteiger partial charge in [0.2, 0.25) is 0 Å². The highest BCUT2D eigenvalue weighted by Crippen LogP contribution is 2.42. The monoisotopic (exact) mass is 313 g/mol. The molecule has 2 aromatic rings. The van der Waals surface area contributed by atoms with Crippen molar-refractivity contribution in [2.45, 2.75) is 24.2 Å². The van der Waals surface area contributed by atoms with E-state index in [0.717, 1.165) is 0 Å². The molecule has 0 aliphatic carbocycles. The molecule has 5 heteroatoms. The topological polar surface area (TPSA) is 81.0 Å². The lowest BCUT2D eigenvalue weighted by Crippen LogP contribution is -2.36. The molecule has 1 amide bonds. The summed E-state index contributed by atoms with van der Waals surface area (Å²) >= 11 is 0. The van der Waals surface area contributed by atoms with E-state index in [2.05, 4.69) is 0 Å². The van der Waals surface area contributed by atoms with Crippen LogP contribution in [0.1, 0.15) is 23.1 Å². The van der Waals surface area contributed by atoms with E-state index in [1.54, 1.807) is 49.5 Å². The molecule has 1 aliphatic rings. The average molecular weight is 313 g/mol. The molecule has 5 nitrogen and oxygen atoms in total. The molecule has 1 aliphatic heterocycles. The predicted octanol–water partition coefficient (Wildman–Crippen LogP) is 1.41. The number of hydrogen-bond donors (Lipinski definition) is 3. The zero-order chi connectivity index (χ0) is 16.6. The Morgan fingerprint density at radius 2 is 1.65 bits per heavy atom. The van der Waals surface area contributed by atoms with Crippen molar-refractivity contribution < 1.29 is 20.1 Å². The summed E-state index contributed by atoms with van der Waals surface area (Å²) < 4.78 is 0. The summed E-state index contributed by atoms with van der Waals surface area (Å²) in [7, 11) is 1.56. The Labute approximate surface area is 134 Å². The molecule has 0 spiro atoms. The normalized spacial score (nSPS) is 25.6. The van der Waals surface area contributed by atoms with Gasteiger partial charge in [0, 0.05) is 18.5 Å². The Morgan fingerprint density at radius 3 is 2.30 bits per heavy atom. The standard InChI is InChI=1S/C18H19NO4/c1-19-15(16(21)11-7-3-2-4-8-11)14(17(22)18(19)23)12-9-5-6-10-13(12)20/h2-10,14-17,20-22H,1H3/t14-,15-,16+,17+/m1/s1. The summed E-state index contributed by atoms with van der Waals surface area (Å²) in [6.45, 7) is 0. The third kappa shape index (κ3) is 2.58. The Kier molecular flexibility index (Phi) is 4.07. The van der Waals surface area contributed by atoms with Gasteiger partial charge in [-0.15, -0.1) is 0 Å². The molecule has 4 atom stereocenters. The molecule has 120 valence electrons. The minimum absolute atomic E-state index is 0.00455. The first-order valence-corrected chi connectivity index (χ1v) is 7.48. The number of phenolic OH excluding ortho intramolecular Hbond substituents is 1. The summed E-state index contributed by atoms with van der Waals surface area (Å²) in [4.78, 5) is 13.6. The van der Waals surface area contributed by atoms with Crippen molar-refractivity contribution >= 4 is 5.91 Å². The van der Waals surface area contributed by atoms with Crippen LogP contribution in [-0.4, -0.2) is 45.3 Å². The first-order chi connectivity index (χ1) is 11.0. The zero-order valence-corrected chi connectivity index (χ0v) is 12.7. The fourth-order valence-electron chi connectivity index (χ4n) is 3.32.